The summed E-state index contributed by atoms with van der Waals surface area (Å²) in [6.07, 6.45) is 0. The second-order valence-corrected chi connectivity index (χ2v) is 3.63. The summed E-state index contributed by atoms with van der Waals surface area (Å²) in [5.74, 6) is 0.426. The number of methoxy groups -OCH3 is 2. The van der Waals surface area contributed by atoms with Crippen LogP contribution in [-0.4, -0.2) is 23.9 Å². The minimum absolute atomic E-state index is 0.0508. The number of aromatic nitrogens is 1. The molecule has 1 heterocycles. The number of hydrogen-bond acceptors (Lipinski definition) is 4. The van der Waals surface area contributed by atoms with Gasteiger partial charge in [-0.2, -0.15) is 0 Å². The fraction of sp³-hybridized carbons (Fsp3) is 0.250. The zero-order chi connectivity index (χ0) is 12.6. The van der Waals surface area contributed by atoms with Crippen LogP contribution in [0.25, 0.3) is 10.9 Å². The van der Waals surface area contributed by atoms with Crippen molar-refractivity contribution in [2.24, 2.45) is 7.05 Å². The van der Waals surface area contributed by atoms with E-state index in [1.807, 2.05) is 0 Å². The van der Waals surface area contributed by atoms with Crippen LogP contribution in [0.5, 0.6) is 17.2 Å². The highest BCUT2D eigenvalue weighted by molar-refractivity contribution is 5.88. The molecule has 0 saturated heterocycles. The van der Waals surface area contributed by atoms with Crippen molar-refractivity contribution in [1.29, 1.82) is 0 Å². The third kappa shape index (κ3) is 1.60. The van der Waals surface area contributed by atoms with Crippen molar-refractivity contribution in [2.45, 2.75) is 0 Å². The van der Waals surface area contributed by atoms with Crippen molar-refractivity contribution < 1.29 is 14.6 Å². The van der Waals surface area contributed by atoms with Gasteiger partial charge in [-0.3, -0.25) is 4.79 Å². The molecule has 17 heavy (non-hydrogen) atoms. The molecule has 0 radical (unpaired) electrons. The van der Waals surface area contributed by atoms with Gasteiger partial charge in [-0.15, -0.1) is 0 Å². The van der Waals surface area contributed by atoms with Crippen LogP contribution >= 0.6 is 0 Å². The first-order chi connectivity index (χ1) is 8.10. The lowest BCUT2D eigenvalue weighted by Gasteiger charge is -2.11. The molecule has 2 aromatic rings. The number of rotatable bonds is 2. The summed E-state index contributed by atoms with van der Waals surface area (Å²) in [5, 5.41) is 10.5. The summed E-state index contributed by atoms with van der Waals surface area (Å²) in [5.41, 5.74) is 0.207. The molecule has 5 nitrogen and oxygen atoms in total. The molecule has 0 atom stereocenters. The fourth-order valence-electron chi connectivity index (χ4n) is 1.79. The maximum Gasteiger partial charge on any atom is 0.297 e. The van der Waals surface area contributed by atoms with E-state index in [4.69, 9.17) is 9.47 Å². The summed E-state index contributed by atoms with van der Waals surface area (Å²) in [6, 6.07) is 5.09. The van der Waals surface area contributed by atoms with E-state index in [9.17, 15) is 9.90 Å². The number of aromatic hydroxyl groups is 1. The lowest BCUT2D eigenvalue weighted by molar-refractivity contribution is 0.368. The summed E-state index contributed by atoms with van der Waals surface area (Å²) >= 11 is 0. The number of fused-ring (bicyclic) bond motifs is 1. The van der Waals surface area contributed by atoms with E-state index < -0.39 is 0 Å². The lowest BCUT2D eigenvalue weighted by Crippen LogP contribution is -2.18. The molecule has 0 bridgehead atoms. The molecule has 1 N–H and O–H groups in total. The number of nitrogens with zero attached hydrogens (tertiary/aromatic N) is 1. The second-order valence-electron chi connectivity index (χ2n) is 3.63. The van der Waals surface area contributed by atoms with Crippen molar-refractivity contribution in [2.75, 3.05) is 14.2 Å². The number of aryl methyl sites for hydroxylation is 1. The van der Waals surface area contributed by atoms with Crippen LogP contribution in [-0.2, 0) is 7.05 Å². The van der Waals surface area contributed by atoms with Crippen LogP contribution in [0, 0.1) is 0 Å². The standard InChI is InChI=1S/C12H13NO4/c1-13-9-6-7(16-2)4-5-8(9)10(14)11(17-3)12(13)15/h4-6,14H,1-3H3. The van der Waals surface area contributed by atoms with Crippen LogP contribution in [0.3, 0.4) is 0 Å². The van der Waals surface area contributed by atoms with Gasteiger partial charge in [0.25, 0.3) is 5.56 Å². The molecule has 0 saturated carbocycles. The summed E-state index contributed by atoms with van der Waals surface area (Å²) in [4.78, 5) is 11.9. The Morgan fingerprint density at radius 1 is 1.24 bits per heavy atom. The Morgan fingerprint density at radius 3 is 2.53 bits per heavy atom. The average Bonchev–Trinajstić information content (AvgIpc) is 2.36. The Hall–Kier alpha value is -2.17. The second kappa shape index (κ2) is 4.01. The van der Waals surface area contributed by atoms with Crippen LogP contribution in [0.1, 0.15) is 0 Å². The number of pyridine rings is 1. The molecular formula is C12H13NO4. The number of hydrogen-bond donors (Lipinski definition) is 1. The summed E-state index contributed by atoms with van der Waals surface area (Å²) in [7, 11) is 4.51. The molecule has 90 valence electrons. The molecule has 0 aliphatic rings. The van der Waals surface area contributed by atoms with Gasteiger partial charge in [0.1, 0.15) is 5.75 Å². The smallest absolute Gasteiger partial charge is 0.297 e. The van der Waals surface area contributed by atoms with Crippen LogP contribution in [0.2, 0.25) is 0 Å². The Labute approximate surface area is 97.8 Å². The predicted molar refractivity (Wildman–Crippen MR) is 64.0 cm³/mol. The van der Waals surface area contributed by atoms with E-state index in [1.54, 1.807) is 32.4 Å². The van der Waals surface area contributed by atoms with E-state index in [-0.39, 0.29) is 17.1 Å². The highest BCUT2D eigenvalue weighted by Gasteiger charge is 2.15. The Morgan fingerprint density at radius 2 is 1.94 bits per heavy atom. The molecule has 0 unspecified atom stereocenters. The quantitative estimate of drug-likeness (QED) is 0.851. The average molecular weight is 235 g/mol. The van der Waals surface area contributed by atoms with Gasteiger partial charge >= 0.3 is 0 Å². The van der Waals surface area contributed by atoms with Crippen molar-refractivity contribution >= 4 is 10.9 Å². The molecule has 0 aliphatic carbocycles. The molecular weight excluding hydrogens is 222 g/mol. The molecule has 0 spiro atoms. The van der Waals surface area contributed by atoms with Gasteiger partial charge in [0.2, 0.25) is 5.75 Å². The topological polar surface area (TPSA) is 60.7 Å². The maximum atomic E-state index is 11.9. The SMILES string of the molecule is COc1ccc2c(O)c(OC)c(=O)n(C)c2c1. The van der Waals surface area contributed by atoms with Gasteiger partial charge in [-0.25, -0.2) is 0 Å². The first-order valence-corrected chi connectivity index (χ1v) is 5.03. The van der Waals surface area contributed by atoms with Crippen LogP contribution < -0.4 is 15.0 Å². The van der Waals surface area contributed by atoms with Gasteiger partial charge < -0.3 is 19.1 Å². The molecule has 0 amide bonds. The summed E-state index contributed by atoms with van der Waals surface area (Å²) in [6.45, 7) is 0. The zero-order valence-electron chi connectivity index (χ0n) is 9.85. The largest absolute Gasteiger partial charge is 0.504 e. The van der Waals surface area contributed by atoms with Gasteiger partial charge in [-0.05, 0) is 12.1 Å². The minimum Gasteiger partial charge on any atom is -0.504 e. The maximum absolute atomic E-state index is 11.9. The first kappa shape index (κ1) is 11.3. The third-order valence-corrected chi connectivity index (χ3v) is 2.74. The molecule has 1 aromatic carbocycles. The van der Waals surface area contributed by atoms with E-state index >= 15 is 0 Å². The van der Waals surface area contributed by atoms with E-state index in [0.29, 0.717) is 16.7 Å². The Balaban J connectivity index is 2.93. The first-order valence-electron chi connectivity index (χ1n) is 5.03. The highest BCUT2D eigenvalue weighted by Crippen LogP contribution is 2.32. The van der Waals surface area contributed by atoms with E-state index in [1.165, 1.54) is 11.7 Å². The summed E-state index contributed by atoms with van der Waals surface area (Å²) < 4.78 is 11.4. The van der Waals surface area contributed by atoms with Gasteiger partial charge in [0, 0.05) is 18.5 Å². The molecule has 2 rings (SSSR count). The molecule has 0 aliphatic heterocycles. The Bertz CT molecular complexity index is 630. The molecule has 1 aromatic heterocycles. The number of benzene rings is 1. The fourth-order valence-corrected chi connectivity index (χ4v) is 1.79. The van der Waals surface area contributed by atoms with Crippen molar-refractivity contribution in [3.8, 4) is 17.2 Å². The van der Waals surface area contributed by atoms with E-state index in [2.05, 4.69) is 0 Å². The van der Waals surface area contributed by atoms with Crippen LogP contribution in [0.4, 0.5) is 0 Å². The van der Waals surface area contributed by atoms with Crippen molar-refractivity contribution in [1.82, 2.24) is 4.57 Å². The zero-order valence-corrected chi connectivity index (χ0v) is 9.85. The third-order valence-electron chi connectivity index (χ3n) is 2.74. The van der Waals surface area contributed by atoms with Crippen molar-refractivity contribution in [3.63, 3.8) is 0 Å². The monoisotopic (exact) mass is 235 g/mol. The molecule has 5 heteroatoms. The normalized spacial score (nSPS) is 10.5. The van der Waals surface area contributed by atoms with Gasteiger partial charge in [0.05, 0.1) is 19.7 Å². The predicted octanol–water partition coefficient (Wildman–Crippen LogP) is 1.26. The lowest BCUT2D eigenvalue weighted by atomic mass is 10.2. The number of ether oxygens (including phenoxy) is 2. The van der Waals surface area contributed by atoms with E-state index in [0.717, 1.165) is 0 Å². The highest BCUT2D eigenvalue weighted by atomic mass is 16.5. The van der Waals surface area contributed by atoms with Gasteiger partial charge in [0.15, 0.2) is 5.75 Å². The van der Waals surface area contributed by atoms with Gasteiger partial charge in [-0.1, -0.05) is 0 Å². The Kier molecular flexibility index (Phi) is 2.67. The molecule has 0 fully saturated rings. The van der Waals surface area contributed by atoms with Crippen molar-refractivity contribution in [3.05, 3.63) is 28.6 Å². The minimum atomic E-state index is -0.384. The van der Waals surface area contributed by atoms with Crippen LogP contribution in [0.15, 0.2) is 23.0 Å².